The molecule has 1 saturated heterocycles. The first kappa shape index (κ1) is 20.0. The lowest BCUT2D eigenvalue weighted by Crippen LogP contribution is -2.41. The van der Waals surface area contributed by atoms with E-state index < -0.39 is 0 Å². The fraction of sp³-hybridized carbons (Fsp3) is 0.346. The molecule has 0 radical (unpaired) electrons. The Balaban J connectivity index is 1.32. The quantitative estimate of drug-likeness (QED) is 0.660. The maximum Gasteiger partial charge on any atom is 0.256 e. The highest BCUT2D eigenvalue weighted by Crippen LogP contribution is 2.30. The van der Waals surface area contributed by atoms with Gasteiger partial charge in [-0.15, -0.1) is 0 Å². The number of carbonyl (C=O) groups is 1. The third-order valence-corrected chi connectivity index (χ3v) is 6.53. The Morgan fingerprint density at radius 3 is 2.68 bits per heavy atom. The molecule has 0 bridgehead atoms. The van der Waals surface area contributed by atoms with Crippen LogP contribution in [0, 0.1) is 6.92 Å². The van der Waals surface area contributed by atoms with Crippen LogP contribution in [-0.4, -0.2) is 55.1 Å². The Labute approximate surface area is 183 Å². The summed E-state index contributed by atoms with van der Waals surface area (Å²) in [5.74, 6) is 0.140. The average Bonchev–Trinajstić information content (AvgIpc) is 3.14. The van der Waals surface area contributed by atoms with Crippen molar-refractivity contribution in [2.24, 2.45) is 0 Å². The number of rotatable bonds is 6. The minimum Gasteiger partial charge on any atom is -0.380 e. The average molecular weight is 416 g/mol. The molecule has 0 saturated carbocycles. The van der Waals surface area contributed by atoms with Crippen LogP contribution in [0.1, 0.15) is 27.0 Å². The smallest absolute Gasteiger partial charge is 0.256 e. The maximum absolute atomic E-state index is 13.2. The van der Waals surface area contributed by atoms with Crippen molar-refractivity contribution in [2.45, 2.75) is 20.0 Å². The zero-order valence-corrected chi connectivity index (χ0v) is 18.1. The van der Waals surface area contributed by atoms with Gasteiger partial charge in [-0.25, -0.2) is 0 Å². The Bertz CT molecular complexity index is 1110. The first-order chi connectivity index (χ1) is 15.2. The van der Waals surface area contributed by atoms with Crippen molar-refractivity contribution < 1.29 is 9.53 Å². The van der Waals surface area contributed by atoms with Gasteiger partial charge in [0.2, 0.25) is 0 Å². The van der Waals surface area contributed by atoms with E-state index in [0.717, 1.165) is 56.2 Å². The molecule has 2 aliphatic rings. The van der Waals surface area contributed by atoms with Crippen LogP contribution in [0.2, 0.25) is 0 Å². The largest absolute Gasteiger partial charge is 0.380 e. The normalized spacial score (nSPS) is 16.7. The molecule has 0 spiro atoms. The second-order valence-electron chi connectivity index (χ2n) is 8.46. The summed E-state index contributed by atoms with van der Waals surface area (Å²) in [6, 6.07) is 19.0. The van der Waals surface area contributed by atoms with E-state index in [-0.39, 0.29) is 5.91 Å². The maximum atomic E-state index is 13.2. The van der Waals surface area contributed by atoms with Gasteiger partial charge in [-0.05, 0) is 40.5 Å². The van der Waals surface area contributed by atoms with Crippen LogP contribution in [0.5, 0.6) is 0 Å². The summed E-state index contributed by atoms with van der Waals surface area (Å²) in [7, 11) is 0. The minimum absolute atomic E-state index is 0.140. The molecule has 5 nitrogen and oxygen atoms in total. The molecular formula is C26H29N3O2. The van der Waals surface area contributed by atoms with Crippen molar-refractivity contribution in [2.75, 3.05) is 44.7 Å². The summed E-state index contributed by atoms with van der Waals surface area (Å²) < 4.78 is 5.43. The molecule has 1 N–H and O–H groups in total. The van der Waals surface area contributed by atoms with E-state index in [1.807, 2.05) is 11.0 Å². The second kappa shape index (κ2) is 8.69. The number of carbonyl (C=O) groups excluding carboxylic acids is 1. The van der Waals surface area contributed by atoms with E-state index in [0.29, 0.717) is 13.1 Å². The molecule has 3 aromatic carbocycles. The number of benzene rings is 3. The van der Waals surface area contributed by atoms with Crippen LogP contribution in [-0.2, 0) is 17.8 Å². The van der Waals surface area contributed by atoms with Crippen LogP contribution in [0.3, 0.4) is 0 Å². The van der Waals surface area contributed by atoms with Gasteiger partial charge in [0, 0.05) is 45.0 Å². The molecule has 5 rings (SSSR count). The molecule has 1 fully saturated rings. The van der Waals surface area contributed by atoms with Crippen molar-refractivity contribution in [3.8, 4) is 0 Å². The monoisotopic (exact) mass is 415 g/mol. The number of anilines is 1. The molecule has 0 atom stereocenters. The van der Waals surface area contributed by atoms with Crippen molar-refractivity contribution in [3.63, 3.8) is 0 Å². The summed E-state index contributed by atoms with van der Waals surface area (Å²) in [6.45, 7) is 8.68. The number of ether oxygens (including phenoxy) is 1. The standard InChI is InChI=1S/C26H29N3O2/c1-19-9-10-20-5-2-3-7-22(20)23(19)17-27-24-8-4-6-21-18-29(26(30)25(21)24)12-11-28-13-15-31-16-14-28/h2-10,27H,11-18H2,1H3. The highest BCUT2D eigenvalue weighted by atomic mass is 16.5. The number of nitrogens with zero attached hydrogens (tertiary/aromatic N) is 2. The molecular weight excluding hydrogens is 386 g/mol. The van der Waals surface area contributed by atoms with Gasteiger partial charge in [0.15, 0.2) is 0 Å². The fourth-order valence-corrected chi connectivity index (χ4v) is 4.70. The van der Waals surface area contributed by atoms with Crippen LogP contribution in [0.15, 0.2) is 54.6 Å². The number of hydrogen-bond donors (Lipinski definition) is 1. The first-order valence-corrected chi connectivity index (χ1v) is 11.1. The number of amides is 1. The molecule has 5 heteroatoms. The topological polar surface area (TPSA) is 44.8 Å². The van der Waals surface area contributed by atoms with Gasteiger partial charge in [0.05, 0.1) is 18.8 Å². The van der Waals surface area contributed by atoms with Gasteiger partial charge in [-0.2, -0.15) is 0 Å². The lowest BCUT2D eigenvalue weighted by atomic mass is 9.99. The molecule has 3 aromatic rings. The number of morpholine rings is 1. The van der Waals surface area contributed by atoms with E-state index in [9.17, 15) is 4.79 Å². The third-order valence-electron chi connectivity index (χ3n) is 6.53. The van der Waals surface area contributed by atoms with Crippen molar-refractivity contribution in [3.05, 3.63) is 76.9 Å². The van der Waals surface area contributed by atoms with Crippen molar-refractivity contribution in [1.82, 2.24) is 9.80 Å². The van der Waals surface area contributed by atoms with E-state index in [2.05, 4.69) is 65.7 Å². The summed E-state index contributed by atoms with van der Waals surface area (Å²) in [6.07, 6.45) is 0. The van der Waals surface area contributed by atoms with E-state index in [1.165, 1.54) is 21.9 Å². The lowest BCUT2D eigenvalue weighted by molar-refractivity contribution is 0.0328. The zero-order chi connectivity index (χ0) is 21.2. The number of fused-ring (bicyclic) bond motifs is 2. The number of nitrogens with one attached hydrogen (secondary N) is 1. The highest BCUT2D eigenvalue weighted by Gasteiger charge is 2.30. The van der Waals surface area contributed by atoms with Crippen LogP contribution >= 0.6 is 0 Å². The minimum atomic E-state index is 0.140. The molecule has 160 valence electrons. The Kier molecular flexibility index (Phi) is 5.62. The summed E-state index contributed by atoms with van der Waals surface area (Å²) >= 11 is 0. The van der Waals surface area contributed by atoms with Gasteiger partial charge in [0.1, 0.15) is 0 Å². The molecule has 31 heavy (non-hydrogen) atoms. The third kappa shape index (κ3) is 4.03. The number of aryl methyl sites for hydroxylation is 1. The van der Waals surface area contributed by atoms with Gasteiger partial charge in [-0.3, -0.25) is 9.69 Å². The number of hydrogen-bond acceptors (Lipinski definition) is 4. The molecule has 2 heterocycles. The van der Waals surface area contributed by atoms with Crippen molar-refractivity contribution >= 4 is 22.4 Å². The molecule has 1 amide bonds. The predicted molar refractivity (Wildman–Crippen MR) is 124 cm³/mol. The van der Waals surface area contributed by atoms with Crippen LogP contribution in [0.4, 0.5) is 5.69 Å². The van der Waals surface area contributed by atoms with Crippen molar-refractivity contribution in [1.29, 1.82) is 0 Å². The summed E-state index contributed by atoms with van der Waals surface area (Å²) in [4.78, 5) is 17.6. The van der Waals surface area contributed by atoms with Crippen LogP contribution < -0.4 is 5.32 Å². The van der Waals surface area contributed by atoms with E-state index >= 15 is 0 Å². The summed E-state index contributed by atoms with van der Waals surface area (Å²) in [5.41, 5.74) is 5.43. The van der Waals surface area contributed by atoms with Gasteiger partial charge in [0.25, 0.3) is 5.91 Å². The Morgan fingerprint density at radius 2 is 1.81 bits per heavy atom. The van der Waals surface area contributed by atoms with Gasteiger partial charge >= 0.3 is 0 Å². The Morgan fingerprint density at radius 1 is 0.968 bits per heavy atom. The SMILES string of the molecule is Cc1ccc2ccccc2c1CNc1cccc2c1C(=O)N(CCN1CCOCC1)C2. The molecule has 0 aliphatic carbocycles. The summed E-state index contributed by atoms with van der Waals surface area (Å²) in [5, 5.41) is 6.09. The Hall–Kier alpha value is -2.89. The highest BCUT2D eigenvalue weighted by molar-refractivity contribution is 6.03. The lowest BCUT2D eigenvalue weighted by Gasteiger charge is -2.28. The predicted octanol–water partition coefficient (Wildman–Crippen LogP) is 4.05. The molecule has 0 aromatic heterocycles. The first-order valence-electron chi connectivity index (χ1n) is 11.1. The zero-order valence-electron chi connectivity index (χ0n) is 18.1. The fourth-order valence-electron chi connectivity index (χ4n) is 4.70. The molecule has 2 aliphatic heterocycles. The van der Waals surface area contributed by atoms with Gasteiger partial charge in [-0.1, -0.05) is 48.5 Å². The second-order valence-corrected chi connectivity index (χ2v) is 8.46. The van der Waals surface area contributed by atoms with Crippen LogP contribution in [0.25, 0.3) is 10.8 Å². The van der Waals surface area contributed by atoms with Gasteiger partial charge < -0.3 is 15.0 Å². The molecule has 0 unspecified atom stereocenters. The van der Waals surface area contributed by atoms with E-state index in [4.69, 9.17) is 4.74 Å². The van der Waals surface area contributed by atoms with E-state index in [1.54, 1.807) is 0 Å².